The first kappa shape index (κ1) is 13.0. The Hall–Kier alpha value is -0.0400. The molecule has 0 saturated carbocycles. The van der Waals surface area contributed by atoms with Crippen LogP contribution in [0, 0.1) is 11.3 Å². The summed E-state index contributed by atoms with van der Waals surface area (Å²) < 4.78 is 0. The maximum atomic E-state index is 3.43. The minimum atomic E-state index is 0.475. The highest BCUT2D eigenvalue weighted by Gasteiger charge is 2.17. The summed E-state index contributed by atoms with van der Waals surface area (Å²) in [6.45, 7) is 11.6. The van der Waals surface area contributed by atoms with Gasteiger partial charge in [0, 0.05) is 6.04 Å². The Balaban J connectivity index is 3.85. The van der Waals surface area contributed by atoms with Crippen molar-refractivity contribution < 1.29 is 0 Å². The van der Waals surface area contributed by atoms with E-state index in [0.717, 1.165) is 5.92 Å². The summed E-state index contributed by atoms with van der Waals surface area (Å²) in [5.74, 6) is 0.798. The molecule has 80 valence electrons. The third kappa shape index (κ3) is 6.09. The largest absolute Gasteiger partial charge is 0.317 e. The van der Waals surface area contributed by atoms with Crippen LogP contribution in [0.4, 0.5) is 0 Å². The maximum Gasteiger partial charge on any atom is 0.00897 e. The summed E-state index contributed by atoms with van der Waals surface area (Å²) in [6, 6.07) is 0.698. The lowest BCUT2D eigenvalue weighted by atomic mass is 9.85. The van der Waals surface area contributed by atoms with Crippen LogP contribution in [0.1, 0.15) is 53.9 Å². The average molecular weight is 185 g/mol. The molecule has 0 aromatic rings. The van der Waals surface area contributed by atoms with Crippen molar-refractivity contribution in [2.45, 2.75) is 59.9 Å². The summed E-state index contributed by atoms with van der Waals surface area (Å²) in [7, 11) is 2.08. The smallest absolute Gasteiger partial charge is 0.00897 e. The molecule has 0 aliphatic rings. The van der Waals surface area contributed by atoms with Gasteiger partial charge in [-0.3, -0.25) is 0 Å². The predicted molar refractivity (Wildman–Crippen MR) is 61.0 cm³/mol. The third-order valence-corrected chi connectivity index (χ3v) is 2.91. The van der Waals surface area contributed by atoms with Gasteiger partial charge in [-0.2, -0.15) is 0 Å². The van der Waals surface area contributed by atoms with Crippen LogP contribution in [0.25, 0.3) is 0 Å². The van der Waals surface area contributed by atoms with Crippen molar-refractivity contribution in [3.8, 4) is 0 Å². The molecule has 0 amide bonds. The first-order valence-electron chi connectivity index (χ1n) is 5.58. The van der Waals surface area contributed by atoms with Gasteiger partial charge in [0.1, 0.15) is 0 Å². The fraction of sp³-hybridized carbons (Fsp3) is 1.00. The molecule has 1 heteroatoms. The van der Waals surface area contributed by atoms with Crippen LogP contribution in [-0.2, 0) is 0 Å². The molecule has 1 nitrogen and oxygen atoms in total. The van der Waals surface area contributed by atoms with Gasteiger partial charge in [-0.25, -0.2) is 0 Å². The van der Waals surface area contributed by atoms with Gasteiger partial charge in [0.2, 0.25) is 0 Å². The van der Waals surface area contributed by atoms with Crippen molar-refractivity contribution >= 4 is 0 Å². The molecule has 0 aliphatic carbocycles. The van der Waals surface area contributed by atoms with Crippen molar-refractivity contribution in [2.75, 3.05) is 7.05 Å². The fourth-order valence-electron chi connectivity index (χ4n) is 1.59. The first-order valence-corrected chi connectivity index (χ1v) is 5.58. The highest BCUT2D eigenvalue weighted by molar-refractivity contribution is 4.74. The van der Waals surface area contributed by atoms with E-state index in [1.165, 1.54) is 19.3 Å². The summed E-state index contributed by atoms with van der Waals surface area (Å²) in [5.41, 5.74) is 0.475. The topological polar surface area (TPSA) is 12.0 Å². The molecule has 1 N–H and O–H groups in total. The molecule has 0 bridgehead atoms. The third-order valence-electron chi connectivity index (χ3n) is 2.91. The average Bonchev–Trinajstić information content (AvgIpc) is 2.03. The quantitative estimate of drug-likeness (QED) is 0.692. The van der Waals surface area contributed by atoms with Crippen molar-refractivity contribution in [2.24, 2.45) is 11.3 Å². The maximum absolute atomic E-state index is 3.43. The number of rotatable bonds is 5. The van der Waals surface area contributed by atoms with E-state index in [1.807, 2.05) is 0 Å². The Bertz CT molecular complexity index is 124. The van der Waals surface area contributed by atoms with E-state index in [-0.39, 0.29) is 0 Å². The minimum Gasteiger partial charge on any atom is -0.317 e. The van der Waals surface area contributed by atoms with Gasteiger partial charge in [-0.05, 0) is 31.2 Å². The summed E-state index contributed by atoms with van der Waals surface area (Å²) in [4.78, 5) is 0. The molecule has 0 heterocycles. The summed E-state index contributed by atoms with van der Waals surface area (Å²) >= 11 is 0. The van der Waals surface area contributed by atoms with E-state index in [4.69, 9.17) is 0 Å². The Morgan fingerprint density at radius 3 is 2.08 bits per heavy atom. The lowest BCUT2D eigenvalue weighted by Gasteiger charge is -2.26. The van der Waals surface area contributed by atoms with E-state index >= 15 is 0 Å². The molecule has 0 saturated heterocycles. The molecule has 2 unspecified atom stereocenters. The molecular formula is C12H27N. The molecule has 0 spiro atoms. The molecule has 0 radical (unpaired) electrons. The molecule has 13 heavy (non-hydrogen) atoms. The molecule has 0 rings (SSSR count). The molecule has 0 aromatic heterocycles. The van der Waals surface area contributed by atoms with Crippen molar-refractivity contribution in [3.63, 3.8) is 0 Å². The van der Waals surface area contributed by atoms with Gasteiger partial charge >= 0.3 is 0 Å². The van der Waals surface area contributed by atoms with Crippen molar-refractivity contribution in [1.29, 1.82) is 0 Å². The number of hydrogen-bond donors (Lipinski definition) is 1. The van der Waals surface area contributed by atoms with E-state index < -0.39 is 0 Å². The van der Waals surface area contributed by atoms with Gasteiger partial charge in [0.05, 0.1) is 0 Å². The van der Waals surface area contributed by atoms with Gasteiger partial charge in [0.25, 0.3) is 0 Å². The highest BCUT2D eigenvalue weighted by Crippen LogP contribution is 2.24. The van der Waals surface area contributed by atoms with Crippen LogP contribution < -0.4 is 5.32 Å². The summed E-state index contributed by atoms with van der Waals surface area (Å²) in [6.07, 6.45) is 3.88. The van der Waals surface area contributed by atoms with E-state index in [1.54, 1.807) is 0 Å². The van der Waals surface area contributed by atoms with Crippen LogP contribution in [-0.4, -0.2) is 13.1 Å². The van der Waals surface area contributed by atoms with Gasteiger partial charge in [-0.1, -0.05) is 41.0 Å². The van der Waals surface area contributed by atoms with Crippen LogP contribution in [0.5, 0.6) is 0 Å². The second kappa shape index (κ2) is 5.64. The van der Waals surface area contributed by atoms with Gasteiger partial charge in [-0.15, -0.1) is 0 Å². The zero-order chi connectivity index (χ0) is 10.5. The monoisotopic (exact) mass is 185 g/mol. The zero-order valence-corrected chi connectivity index (χ0v) is 10.3. The van der Waals surface area contributed by atoms with Crippen molar-refractivity contribution in [3.05, 3.63) is 0 Å². The summed E-state index contributed by atoms with van der Waals surface area (Å²) in [5, 5.41) is 3.43. The predicted octanol–water partition coefficient (Wildman–Crippen LogP) is 3.45. The highest BCUT2D eigenvalue weighted by atomic mass is 14.9. The fourth-order valence-corrected chi connectivity index (χ4v) is 1.59. The Morgan fingerprint density at radius 2 is 1.77 bits per heavy atom. The van der Waals surface area contributed by atoms with E-state index in [9.17, 15) is 0 Å². The molecule has 2 atom stereocenters. The van der Waals surface area contributed by atoms with Crippen LogP contribution in [0.2, 0.25) is 0 Å². The van der Waals surface area contributed by atoms with E-state index in [2.05, 4.69) is 47.0 Å². The van der Waals surface area contributed by atoms with Crippen molar-refractivity contribution in [1.82, 2.24) is 5.32 Å². The normalized spacial score (nSPS) is 17.1. The van der Waals surface area contributed by atoms with Crippen LogP contribution >= 0.6 is 0 Å². The zero-order valence-electron chi connectivity index (χ0n) is 10.3. The number of hydrogen-bond acceptors (Lipinski definition) is 1. The van der Waals surface area contributed by atoms with Crippen LogP contribution in [0.3, 0.4) is 0 Å². The van der Waals surface area contributed by atoms with Gasteiger partial charge < -0.3 is 5.32 Å². The standard InChI is InChI=1S/C12H27N/c1-7-10(2)11(13-6)8-9-12(3,4)5/h10-11,13H,7-9H2,1-6H3. The SMILES string of the molecule is CCC(C)C(CCC(C)(C)C)NC. The molecule has 0 fully saturated rings. The Morgan fingerprint density at radius 1 is 1.23 bits per heavy atom. The van der Waals surface area contributed by atoms with Gasteiger partial charge in [0.15, 0.2) is 0 Å². The Labute approximate surface area is 84.3 Å². The molecule has 0 aromatic carbocycles. The minimum absolute atomic E-state index is 0.475. The van der Waals surface area contributed by atoms with E-state index in [0.29, 0.717) is 11.5 Å². The lowest BCUT2D eigenvalue weighted by Crippen LogP contribution is -2.32. The number of nitrogens with one attached hydrogen (secondary N) is 1. The lowest BCUT2D eigenvalue weighted by molar-refractivity contribution is 0.292. The second-order valence-electron chi connectivity index (χ2n) is 5.38. The van der Waals surface area contributed by atoms with Crippen LogP contribution in [0.15, 0.2) is 0 Å². The molecule has 0 aliphatic heterocycles. The second-order valence-corrected chi connectivity index (χ2v) is 5.38. The molecular weight excluding hydrogens is 158 g/mol. The first-order chi connectivity index (χ1) is 5.90. The Kier molecular flexibility index (Phi) is 5.62.